The highest BCUT2D eigenvalue weighted by molar-refractivity contribution is 5.50. The number of hydrogen-bond donors (Lipinski definition) is 1. The van der Waals surface area contributed by atoms with Crippen LogP contribution in [0, 0.1) is 0 Å². The number of rotatable bonds is 7. The maximum absolute atomic E-state index is 8.97. The number of aliphatic hydroxyl groups is 1. The Labute approximate surface area is 148 Å². The first-order valence-corrected chi connectivity index (χ1v) is 8.83. The second-order valence-electron chi connectivity index (χ2n) is 6.37. The van der Waals surface area contributed by atoms with Gasteiger partial charge in [0.05, 0.1) is 18.8 Å². The van der Waals surface area contributed by atoms with Crippen molar-refractivity contribution in [1.29, 1.82) is 0 Å². The van der Waals surface area contributed by atoms with Gasteiger partial charge < -0.3 is 9.84 Å². The monoisotopic (exact) mass is 342 g/mol. The van der Waals surface area contributed by atoms with E-state index in [1.165, 1.54) is 5.56 Å². The first kappa shape index (κ1) is 17.6. The zero-order valence-corrected chi connectivity index (χ0v) is 14.7. The molecule has 0 bridgehead atoms. The molecule has 0 atom stereocenters. The molecule has 1 N–H and O–H groups in total. The molecule has 1 aromatic heterocycles. The van der Waals surface area contributed by atoms with Gasteiger partial charge in [-0.1, -0.05) is 29.5 Å². The van der Waals surface area contributed by atoms with E-state index in [-0.39, 0.29) is 6.61 Å². The summed E-state index contributed by atoms with van der Waals surface area (Å²) >= 11 is 0. The molecule has 1 aliphatic heterocycles. The zero-order chi connectivity index (χ0) is 17.5. The molecule has 0 radical (unpaired) electrons. The van der Waals surface area contributed by atoms with Crippen LogP contribution in [0.3, 0.4) is 0 Å². The van der Waals surface area contributed by atoms with Crippen LogP contribution in [0.25, 0.3) is 6.08 Å². The molecular weight excluding hydrogens is 316 g/mol. The number of hydrogen-bond acceptors (Lipinski definition) is 5. The lowest BCUT2D eigenvalue weighted by Crippen LogP contribution is -2.34. The van der Waals surface area contributed by atoms with Crippen molar-refractivity contribution in [3.63, 3.8) is 0 Å². The molecule has 2 heterocycles. The Bertz CT molecular complexity index is 673. The van der Waals surface area contributed by atoms with Gasteiger partial charge in [0.1, 0.15) is 5.75 Å². The highest BCUT2D eigenvalue weighted by Gasteiger charge is 2.20. The molecule has 6 heteroatoms. The Hall–Kier alpha value is -2.18. The summed E-state index contributed by atoms with van der Waals surface area (Å²) in [4.78, 5) is 2.46. The van der Waals surface area contributed by atoms with Gasteiger partial charge in [0.2, 0.25) is 0 Å². The van der Waals surface area contributed by atoms with Crippen LogP contribution in [0.1, 0.15) is 30.1 Å². The topological polar surface area (TPSA) is 63.4 Å². The number of piperidine rings is 1. The minimum absolute atomic E-state index is 0.123. The summed E-state index contributed by atoms with van der Waals surface area (Å²) < 4.78 is 7.14. The predicted molar refractivity (Wildman–Crippen MR) is 97.6 cm³/mol. The van der Waals surface area contributed by atoms with Gasteiger partial charge in [-0.15, -0.1) is 5.10 Å². The Morgan fingerprint density at radius 2 is 2.00 bits per heavy atom. The van der Waals surface area contributed by atoms with Crippen molar-refractivity contribution in [2.75, 3.05) is 33.4 Å². The van der Waals surface area contributed by atoms with Crippen LogP contribution in [-0.2, 0) is 6.42 Å². The SMILES string of the molecule is COc1ccc(/C=C/CN2CCC(n3cc(CCO)nn3)CC2)cc1. The Kier molecular flexibility index (Phi) is 6.19. The zero-order valence-electron chi connectivity index (χ0n) is 14.7. The van der Waals surface area contributed by atoms with Crippen LogP contribution in [0.4, 0.5) is 0 Å². The van der Waals surface area contributed by atoms with E-state index in [0.29, 0.717) is 12.5 Å². The van der Waals surface area contributed by atoms with E-state index in [1.807, 2.05) is 23.0 Å². The van der Waals surface area contributed by atoms with Crippen LogP contribution in [0.5, 0.6) is 5.75 Å². The van der Waals surface area contributed by atoms with Crippen LogP contribution in [-0.4, -0.2) is 58.4 Å². The van der Waals surface area contributed by atoms with Gasteiger partial charge in [-0.25, -0.2) is 4.68 Å². The van der Waals surface area contributed by atoms with Gasteiger partial charge in [-0.05, 0) is 30.5 Å². The number of likely N-dealkylation sites (tertiary alicyclic amines) is 1. The molecule has 6 nitrogen and oxygen atoms in total. The fourth-order valence-corrected chi connectivity index (χ4v) is 3.14. The molecule has 1 fully saturated rings. The first-order valence-electron chi connectivity index (χ1n) is 8.83. The van der Waals surface area contributed by atoms with Gasteiger partial charge in [0, 0.05) is 38.9 Å². The highest BCUT2D eigenvalue weighted by Crippen LogP contribution is 2.21. The molecule has 0 aliphatic carbocycles. The lowest BCUT2D eigenvalue weighted by Gasteiger charge is -2.30. The molecule has 25 heavy (non-hydrogen) atoms. The van der Waals surface area contributed by atoms with E-state index in [1.54, 1.807) is 7.11 Å². The van der Waals surface area contributed by atoms with E-state index in [2.05, 4.69) is 39.5 Å². The largest absolute Gasteiger partial charge is 0.497 e. The number of aliphatic hydroxyl groups excluding tert-OH is 1. The summed E-state index contributed by atoms with van der Waals surface area (Å²) in [7, 11) is 1.68. The van der Waals surface area contributed by atoms with Crippen LogP contribution in [0.15, 0.2) is 36.5 Å². The third kappa shape index (κ3) is 4.90. The molecule has 134 valence electrons. The van der Waals surface area contributed by atoms with Crippen molar-refractivity contribution >= 4 is 6.08 Å². The molecular formula is C19H26N4O2. The quantitative estimate of drug-likeness (QED) is 0.835. The van der Waals surface area contributed by atoms with E-state index in [4.69, 9.17) is 9.84 Å². The number of methoxy groups -OCH3 is 1. The normalized spacial score (nSPS) is 16.6. The number of nitrogens with zero attached hydrogens (tertiary/aromatic N) is 4. The maximum Gasteiger partial charge on any atom is 0.118 e. The summed E-state index contributed by atoms with van der Waals surface area (Å²) in [5, 5.41) is 17.3. The first-order chi connectivity index (χ1) is 12.3. The molecule has 0 amide bonds. The molecule has 0 saturated carbocycles. The van der Waals surface area contributed by atoms with Crippen molar-refractivity contribution in [2.24, 2.45) is 0 Å². The van der Waals surface area contributed by atoms with E-state index in [9.17, 15) is 0 Å². The Morgan fingerprint density at radius 1 is 1.24 bits per heavy atom. The molecule has 3 rings (SSSR count). The summed E-state index contributed by atoms with van der Waals surface area (Å²) in [5.74, 6) is 0.884. The smallest absolute Gasteiger partial charge is 0.118 e. The second-order valence-corrected chi connectivity index (χ2v) is 6.37. The van der Waals surface area contributed by atoms with Gasteiger partial charge in [-0.3, -0.25) is 4.90 Å². The highest BCUT2D eigenvalue weighted by atomic mass is 16.5. The second kappa shape index (κ2) is 8.78. The van der Waals surface area contributed by atoms with Crippen molar-refractivity contribution in [3.8, 4) is 5.75 Å². The van der Waals surface area contributed by atoms with Gasteiger partial charge in [0.25, 0.3) is 0 Å². The minimum Gasteiger partial charge on any atom is -0.497 e. The number of benzene rings is 1. The van der Waals surface area contributed by atoms with E-state index >= 15 is 0 Å². The van der Waals surface area contributed by atoms with Crippen LogP contribution in [0.2, 0.25) is 0 Å². The fourth-order valence-electron chi connectivity index (χ4n) is 3.14. The lowest BCUT2D eigenvalue weighted by molar-refractivity contribution is 0.194. The lowest BCUT2D eigenvalue weighted by atomic mass is 10.1. The minimum atomic E-state index is 0.123. The molecule has 1 aromatic carbocycles. The predicted octanol–water partition coefficient (Wildman–Crippen LogP) is 2.17. The molecule has 2 aromatic rings. The van der Waals surface area contributed by atoms with Gasteiger partial charge in [0.15, 0.2) is 0 Å². The Morgan fingerprint density at radius 3 is 2.68 bits per heavy atom. The fraction of sp³-hybridized carbons (Fsp3) is 0.474. The summed E-state index contributed by atoms with van der Waals surface area (Å²) in [6.07, 6.45) is 9.09. The number of ether oxygens (including phenoxy) is 1. The van der Waals surface area contributed by atoms with Crippen molar-refractivity contribution in [1.82, 2.24) is 19.9 Å². The standard InChI is InChI=1S/C19H26N4O2/c1-25-19-6-4-16(5-7-19)3-2-11-22-12-8-18(9-13-22)23-15-17(10-14-24)20-21-23/h2-7,15,18,24H,8-14H2,1H3/b3-2+. The third-order valence-electron chi connectivity index (χ3n) is 4.65. The van der Waals surface area contributed by atoms with E-state index in [0.717, 1.165) is 43.9 Å². The van der Waals surface area contributed by atoms with Gasteiger partial charge >= 0.3 is 0 Å². The summed E-state index contributed by atoms with van der Waals surface area (Å²) in [5.41, 5.74) is 2.06. The third-order valence-corrected chi connectivity index (χ3v) is 4.65. The molecule has 0 spiro atoms. The molecule has 0 unspecified atom stereocenters. The average molecular weight is 342 g/mol. The van der Waals surface area contributed by atoms with Crippen LogP contribution < -0.4 is 4.74 Å². The van der Waals surface area contributed by atoms with E-state index < -0.39 is 0 Å². The van der Waals surface area contributed by atoms with Gasteiger partial charge in [-0.2, -0.15) is 0 Å². The Balaban J connectivity index is 1.44. The van der Waals surface area contributed by atoms with Crippen molar-refractivity contribution < 1.29 is 9.84 Å². The molecule has 1 saturated heterocycles. The summed E-state index contributed by atoms with van der Waals surface area (Å²) in [6.45, 7) is 3.21. The average Bonchev–Trinajstić information content (AvgIpc) is 3.12. The maximum atomic E-state index is 8.97. The molecule has 1 aliphatic rings. The van der Waals surface area contributed by atoms with Crippen molar-refractivity contribution in [2.45, 2.75) is 25.3 Å². The number of aromatic nitrogens is 3. The summed E-state index contributed by atoms with van der Waals surface area (Å²) in [6, 6.07) is 8.51. The van der Waals surface area contributed by atoms with Crippen molar-refractivity contribution in [3.05, 3.63) is 47.8 Å². The van der Waals surface area contributed by atoms with Crippen LogP contribution >= 0.6 is 0 Å².